The van der Waals surface area contributed by atoms with Gasteiger partial charge in [-0.2, -0.15) is 0 Å². The summed E-state index contributed by atoms with van der Waals surface area (Å²) in [7, 11) is 0. The number of nitrogens with two attached hydrogens (primary N) is 1. The molecule has 4 nitrogen and oxygen atoms in total. The zero-order chi connectivity index (χ0) is 13.7. The summed E-state index contributed by atoms with van der Waals surface area (Å²) in [5.74, 6) is 0.854. The largest absolute Gasteiger partial charge is 0.493 e. The van der Waals surface area contributed by atoms with E-state index < -0.39 is 0 Å². The third-order valence-corrected chi connectivity index (χ3v) is 3.77. The highest BCUT2D eigenvalue weighted by Gasteiger charge is 2.19. The van der Waals surface area contributed by atoms with Crippen LogP contribution in [0, 0.1) is 0 Å². The molecule has 0 aliphatic carbocycles. The Morgan fingerprint density at radius 2 is 2.11 bits per heavy atom. The maximum atomic E-state index is 6.36. The minimum absolute atomic E-state index is 0.219. The third kappa shape index (κ3) is 3.11. The molecule has 0 fully saturated rings. The maximum Gasteiger partial charge on any atom is 0.124 e. The maximum absolute atomic E-state index is 6.36. The van der Waals surface area contributed by atoms with Gasteiger partial charge < -0.3 is 10.5 Å². The number of nitrogens with zero attached hydrogens (tertiary/aromatic N) is 2. The van der Waals surface area contributed by atoms with Gasteiger partial charge in [-0.15, -0.1) is 5.10 Å². The van der Waals surface area contributed by atoms with Gasteiger partial charge in [0.05, 0.1) is 23.2 Å². The summed E-state index contributed by atoms with van der Waals surface area (Å²) < 4.78 is 9.77. The van der Waals surface area contributed by atoms with Gasteiger partial charge in [-0.25, -0.2) is 0 Å². The van der Waals surface area contributed by atoms with E-state index >= 15 is 0 Å². The molecule has 1 aromatic carbocycles. The van der Waals surface area contributed by atoms with E-state index in [1.54, 1.807) is 0 Å². The molecule has 0 aliphatic rings. The van der Waals surface area contributed by atoms with Gasteiger partial charge in [0.25, 0.3) is 0 Å². The lowest BCUT2D eigenvalue weighted by Gasteiger charge is -2.16. The molecule has 2 N–H and O–H groups in total. The Hall–Kier alpha value is -1.46. The topological polar surface area (TPSA) is 61.0 Å². The van der Waals surface area contributed by atoms with Crippen LogP contribution in [0.4, 0.5) is 0 Å². The van der Waals surface area contributed by atoms with E-state index in [1.165, 1.54) is 11.5 Å². The lowest BCUT2D eigenvalue weighted by atomic mass is 10.0. The van der Waals surface area contributed by atoms with Crippen LogP contribution in [0.2, 0.25) is 0 Å². The number of aryl methyl sites for hydroxylation is 1. The molecule has 0 saturated heterocycles. The monoisotopic (exact) mass is 277 g/mol. The van der Waals surface area contributed by atoms with E-state index in [0.717, 1.165) is 34.7 Å². The summed E-state index contributed by atoms with van der Waals surface area (Å²) in [6, 6.07) is 7.70. The summed E-state index contributed by atoms with van der Waals surface area (Å²) in [6.45, 7) is 4.85. The molecule has 0 bridgehead atoms. The van der Waals surface area contributed by atoms with E-state index in [9.17, 15) is 0 Å². The van der Waals surface area contributed by atoms with Crippen molar-refractivity contribution in [3.8, 4) is 5.75 Å². The van der Waals surface area contributed by atoms with Gasteiger partial charge in [0.2, 0.25) is 0 Å². The fraction of sp³-hybridized carbons (Fsp3) is 0.429. The van der Waals surface area contributed by atoms with Crippen LogP contribution in [-0.2, 0) is 6.42 Å². The van der Waals surface area contributed by atoms with Crippen molar-refractivity contribution in [3.63, 3.8) is 0 Å². The summed E-state index contributed by atoms with van der Waals surface area (Å²) >= 11 is 1.37. The molecule has 2 rings (SSSR count). The van der Waals surface area contributed by atoms with E-state index in [-0.39, 0.29) is 6.04 Å². The first kappa shape index (κ1) is 14.0. The molecule has 1 atom stereocenters. The minimum Gasteiger partial charge on any atom is -0.493 e. The van der Waals surface area contributed by atoms with Crippen molar-refractivity contribution in [2.45, 2.75) is 32.7 Å². The molecule has 1 heterocycles. The third-order valence-electron chi connectivity index (χ3n) is 2.92. The summed E-state index contributed by atoms with van der Waals surface area (Å²) in [5, 5.41) is 4.12. The molecule has 19 heavy (non-hydrogen) atoms. The van der Waals surface area contributed by atoms with Gasteiger partial charge in [-0.05, 0) is 30.4 Å². The van der Waals surface area contributed by atoms with Crippen LogP contribution in [0.25, 0.3) is 0 Å². The standard InChI is InChI=1S/C14H19N3OS/c1-3-9-18-12-8-6-5-7-10(12)13(15)14-11(4-2)16-17-19-14/h5-8,13H,3-4,9,15H2,1-2H3. The van der Waals surface area contributed by atoms with Crippen molar-refractivity contribution in [1.82, 2.24) is 9.59 Å². The fourth-order valence-electron chi connectivity index (χ4n) is 1.92. The fourth-order valence-corrected chi connectivity index (χ4v) is 2.68. The van der Waals surface area contributed by atoms with Gasteiger partial charge in [-0.3, -0.25) is 0 Å². The highest BCUT2D eigenvalue weighted by atomic mass is 32.1. The van der Waals surface area contributed by atoms with Crippen molar-refractivity contribution in [2.24, 2.45) is 5.73 Å². The number of rotatable bonds is 6. The SMILES string of the molecule is CCCOc1ccccc1C(N)c1snnc1CC. The van der Waals surface area contributed by atoms with Crippen molar-refractivity contribution in [3.05, 3.63) is 40.4 Å². The predicted octanol–water partition coefficient (Wildman–Crippen LogP) is 2.94. The Balaban J connectivity index is 2.30. The van der Waals surface area contributed by atoms with Crippen LogP contribution in [-0.4, -0.2) is 16.2 Å². The molecule has 2 aromatic rings. The number of ether oxygens (including phenoxy) is 1. The Morgan fingerprint density at radius 1 is 1.32 bits per heavy atom. The molecule has 1 aromatic heterocycles. The Labute approximate surface area is 117 Å². The highest BCUT2D eigenvalue weighted by molar-refractivity contribution is 7.05. The zero-order valence-corrected chi connectivity index (χ0v) is 12.1. The van der Waals surface area contributed by atoms with Crippen LogP contribution in [0.15, 0.2) is 24.3 Å². The lowest BCUT2D eigenvalue weighted by Crippen LogP contribution is -2.14. The second kappa shape index (κ2) is 6.63. The van der Waals surface area contributed by atoms with Crippen LogP contribution in [0.5, 0.6) is 5.75 Å². The summed E-state index contributed by atoms with van der Waals surface area (Å²) in [5.41, 5.74) is 8.33. The van der Waals surface area contributed by atoms with Crippen LogP contribution < -0.4 is 10.5 Å². The number of hydrogen-bond acceptors (Lipinski definition) is 5. The summed E-state index contributed by atoms with van der Waals surface area (Å²) in [4.78, 5) is 1.02. The average Bonchev–Trinajstić information content (AvgIpc) is 2.93. The van der Waals surface area contributed by atoms with E-state index in [0.29, 0.717) is 6.61 Å². The first-order valence-electron chi connectivity index (χ1n) is 6.56. The highest BCUT2D eigenvalue weighted by Crippen LogP contribution is 2.31. The van der Waals surface area contributed by atoms with Crippen LogP contribution >= 0.6 is 11.5 Å². The quantitative estimate of drug-likeness (QED) is 0.882. The minimum atomic E-state index is -0.219. The Bertz CT molecular complexity index is 527. The number of aromatic nitrogens is 2. The van der Waals surface area contributed by atoms with Crippen LogP contribution in [0.1, 0.15) is 42.4 Å². The Morgan fingerprint density at radius 3 is 2.84 bits per heavy atom. The predicted molar refractivity (Wildman–Crippen MR) is 77.5 cm³/mol. The second-order valence-corrected chi connectivity index (χ2v) is 5.09. The summed E-state index contributed by atoms with van der Waals surface area (Å²) in [6.07, 6.45) is 1.82. The first-order valence-corrected chi connectivity index (χ1v) is 7.33. The van der Waals surface area contributed by atoms with Crippen LogP contribution in [0.3, 0.4) is 0 Å². The van der Waals surface area contributed by atoms with Gasteiger partial charge in [0, 0.05) is 5.56 Å². The van der Waals surface area contributed by atoms with Crippen molar-refractivity contribution < 1.29 is 4.74 Å². The van der Waals surface area contributed by atoms with E-state index in [2.05, 4.69) is 23.4 Å². The Kier molecular flexibility index (Phi) is 4.87. The van der Waals surface area contributed by atoms with Gasteiger partial charge in [-0.1, -0.05) is 36.5 Å². The van der Waals surface area contributed by atoms with Gasteiger partial charge in [0.15, 0.2) is 0 Å². The zero-order valence-electron chi connectivity index (χ0n) is 11.3. The lowest BCUT2D eigenvalue weighted by molar-refractivity contribution is 0.313. The van der Waals surface area contributed by atoms with Gasteiger partial charge >= 0.3 is 0 Å². The van der Waals surface area contributed by atoms with Crippen molar-refractivity contribution >= 4 is 11.5 Å². The molecule has 0 amide bonds. The molecule has 0 saturated carbocycles. The normalized spacial score (nSPS) is 12.4. The van der Waals surface area contributed by atoms with E-state index in [1.807, 2.05) is 24.3 Å². The molecule has 0 spiro atoms. The molecular formula is C14H19N3OS. The number of hydrogen-bond donors (Lipinski definition) is 1. The first-order chi connectivity index (χ1) is 9.27. The van der Waals surface area contributed by atoms with Crippen molar-refractivity contribution in [1.29, 1.82) is 0 Å². The second-order valence-electron chi connectivity index (χ2n) is 4.30. The molecular weight excluding hydrogens is 258 g/mol. The molecule has 0 radical (unpaired) electrons. The average molecular weight is 277 g/mol. The molecule has 0 aliphatic heterocycles. The van der Waals surface area contributed by atoms with Gasteiger partial charge in [0.1, 0.15) is 5.75 Å². The van der Waals surface area contributed by atoms with E-state index in [4.69, 9.17) is 10.5 Å². The molecule has 1 unspecified atom stereocenters. The number of benzene rings is 1. The smallest absolute Gasteiger partial charge is 0.124 e. The number of para-hydroxylation sites is 1. The molecule has 102 valence electrons. The molecule has 5 heteroatoms. The van der Waals surface area contributed by atoms with Crippen molar-refractivity contribution in [2.75, 3.05) is 6.61 Å².